The lowest BCUT2D eigenvalue weighted by Crippen LogP contribution is -2.36. The molecule has 1 aliphatic rings. The summed E-state index contributed by atoms with van der Waals surface area (Å²) in [4.78, 5) is 19.8. The van der Waals surface area contributed by atoms with Gasteiger partial charge in [0, 0.05) is 21.7 Å². The van der Waals surface area contributed by atoms with Gasteiger partial charge in [-0.3, -0.25) is 9.69 Å². The van der Waals surface area contributed by atoms with Crippen LogP contribution >= 0.6 is 11.6 Å². The molecule has 6 heteroatoms. The molecule has 0 N–H and O–H groups in total. The summed E-state index contributed by atoms with van der Waals surface area (Å²) in [6.07, 6.45) is 1.86. The summed E-state index contributed by atoms with van der Waals surface area (Å²) >= 11 is 6.00. The summed E-state index contributed by atoms with van der Waals surface area (Å²) in [6, 6.07) is 22.6. The van der Waals surface area contributed by atoms with Gasteiger partial charge in [0.1, 0.15) is 18.2 Å². The number of carbonyl (C=O) groups is 1. The van der Waals surface area contributed by atoms with E-state index in [2.05, 4.69) is 9.55 Å². The number of anilines is 1. The number of para-hydroxylation sites is 1. The Labute approximate surface area is 179 Å². The Morgan fingerprint density at radius 2 is 1.73 bits per heavy atom. The van der Waals surface area contributed by atoms with E-state index in [1.54, 1.807) is 36.3 Å². The van der Waals surface area contributed by atoms with Crippen LogP contribution in [0.25, 0.3) is 22.6 Å². The van der Waals surface area contributed by atoms with Crippen molar-refractivity contribution in [3.05, 3.63) is 89.6 Å². The maximum atomic E-state index is 13.4. The van der Waals surface area contributed by atoms with E-state index in [1.165, 1.54) is 0 Å². The predicted octanol–water partition coefficient (Wildman–Crippen LogP) is 5.50. The normalized spacial score (nSPS) is 12.3. The molecule has 4 aromatic rings. The van der Waals surface area contributed by atoms with Gasteiger partial charge < -0.3 is 9.30 Å². The molecule has 0 unspecified atom stereocenters. The van der Waals surface area contributed by atoms with Crippen molar-refractivity contribution in [3.63, 3.8) is 0 Å². The fourth-order valence-electron chi connectivity index (χ4n) is 3.77. The third-order valence-corrected chi connectivity index (χ3v) is 5.55. The number of rotatable bonds is 3. The molecule has 148 valence electrons. The standard InChI is InChI=1S/C24H18ClN3O2/c1-30-19-12-8-16(9-13-19)23-26-14-22-20-4-2-3-5-21(20)28(15-27(22)23)24(29)17-6-10-18(25)11-7-17/h2-14H,15H2,1H3. The van der Waals surface area contributed by atoms with E-state index >= 15 is 0 Å². The largest absolute Gasteiger partial charge is 0.497 e. The molecule has 0 spiro atoms. The zero-order valence-corrected chi connectivity index (χ0v) is 17.0. The van der Waals surface area contributed by atoms with Crippen molar-refractivity contribution >= 4 is 23.2 Å². The lowest BCUT2D eigenvalue weighted by Gasteiger charge is -2.31. The van der Waals surface area contributed by atoms with Crippen LogP contribution in [0.1, 0.15) is 10.4 Å². The van der Waals surface area contributed by atoms with Crippen LogP contribution in [0.5, 0.6) is 5.75 Å². The first kappa shape index (κ1) is 18.5. The summed E-state index contributed by atoms with van der Waals surface area (Å²) in [5, 5.41) is 0.601. The van der Waals surface area contributed by atoms with E-state index in [9.17, 15) is 4.79 Å². The van der Waals surface area contributed by atoms with Crippen LogP contribution in [-0.2, 0) is 6.67 Å². The van der Waals surface area contributed by atoms with Crippen molar-refractivity contribution in [1.29, 1.82) is 0 Å². The first-order chi connectivity index (χ1) is 14.7. The lowest BCUT2D eigenvalue weighted by atomic mass is 10.1. The van der Waals surface area contributed by atoms with Gasteiger partial charge >= 0.3 is 0 Å². The van der Waals surface area contributed by atoms with E-state index in [1.807, 2.05) is 54.7 Å². The minimum atomic E-state index is -0.0841. The first-order valence-electron chi connectivity index (χ1n) is 9.52. The SMILES string of the molecule is COc1ccc(-c2ncc3n2CN(C(=O)c2ccc(Cl)cc2)c2ccccc2-3)cc1. The fraction of sp³-hybridized carbons (Fsp3) is 0.0833. The van der Waals surface area contributed by atoms with Crippen LogP contribution in [0.15, 0.2) is 79.0 Å². The van der Waals surface area contributed by atoms with E-state index in [0.29, 0.717) is 17.3 Å². The van der Waals surface area contributed by atoms with Crippen LogP contribution in [0.2, 0.25) is 5.02 Å². The molecule has 1 aromatic heterocycles. The smallest absolute Gasteiger partial charge is 0.259 e. The summed E-state index contributed by atoms with van der Waals surface area (Å²) in [5.41, 5.74) is 4.37. The second kappa shape index (κ2) is 7.35. The van der Waals surface area contributed by atoms with Gasteiger partial charge in [-0.15, -0.1) is 0 Å². The number of benzene rings is 3. The highest BCUT2D eigenvalue weighted by atomic mass is 35.5. The Hall–Kier alpha value is -3.57. The Balaban J connectivity index is 1.60. The summed E-state index contributed by atoms with van der Waals surface area (Å²) in [6.45, 7) is 0.370. The van der Waals surface area contributed by atoms with Crippen LogP contribution in [0.4, 0.5) is 5.69 Å². The summed E-state index contributed by atoms with van der Waals surface area (Å²) < 4.78 is 7.33. The molecular formula is C24H18ClN3O2. The minimum Gasteiger partial charge on any atom is -0.497 e. The molecule has 0 aliphatic carbocycles. The molecule has 1 amide bonds. The second-order valence-corrected chi connectivity index (χ2v) is 7.46. The first-order valence-corrected chi connectivity index (χ1v) is 9.90. The molecule has 0 bridgehead atoms. The highest BCUT2D eigenvalue weighted by Crippen LogP contribution is 2.39. The van der Waals surface area contributed by atoms with Crippen molar-refractivity contribution in [1.82, 2.24) is 9.55 Å². The Morgan fingerprint density at radius 1 is 1.00 bits per heavy atom. The number of hydrogen-bond donors (Lipinski definition) is 0. The quantitative estimate of drug-likeness (QED) is 0.444. The van der Waals surface area contributed by atoms with Crippen LogP contribution in [-0.4, -0.2) is 22.6 Å². The Bertz CT molecular complexity index is 1230. The van der Waals surface area contributed by atoms with Gasteiger partial charge in [0.2, 0.25) is 0 Å². The van der Waals surface area contributed by atoms with Crippen LogP contribution in [0, 0.1) is 0 Å². The molecule has 0 saturated heterocycles. The fourth-order valence-corrected chi connectivity index (χ4v) is 3.90. The zero-order chi connectivity index (χ0) is 20.7. The van der Waals surface area contributed by atoms with E-state index < -0.39 is 0 Å². The molecular weight excluding hydrogens is 398 g/mol. The highest BCUT2D eigenvalue weighted by molar-refractivity contribution is 6.30. The number of amides is 1. The molecule has 2 heterocycles. The third-order valence-electron chi connectivity index (χ3n) is 5.29. The van der Waals surface area contributed by atoms with E-state index in [4.69, 9.17) is 16.3 Å². The molecule has 3 aromatic carbocycles. The molecule has 0 atom stereocenters. The van der Waals surface area contributed by atoms with Gasteiger partial charge in [-0.25, -0.2) is 4.98 Å². The van der Waals surface area contributed by atoms with E-state index in [0.717, 1.165) is 34.1 Å². The van der Waals surface area contributed by atoms with Crippen molar-refractivity contribution < 1.29 is 9.53 Å². The number of nitrogens with zero attached hydrogens (tertiary/aromatic N) is 3. The molecule has 5 nitrogen and oxygen atoms in total. The summed E-state index contributed by atoms with van der Waals surface area (Å²) in [7, 11) is 1.64. The van der Waals surface area contributed by atoms with Crippen molar-refractivity contribution in [2.75, 3.05) is 12.0 Å². The molecule has 0 radical (unpaired) electrons. The van der Waals surface area contributed by atoms with Gasteiger partial charge in [-0.05, 0) is 54.6 Å². The van der Waals surface area contributed by atoms with Gasteiger partial charge in [-0.2, -0.15) is 0 Å². The average molecular weight is 416 g/mol. The molecule has 1 aliphatic heterocycles. The van der Waals surface area contributed by atoms with Crippen molar-refractivity contribution in [2.24, 2.45) is 0 Å². The number of carbonyl (C=O) groups excluding carboxylic acids is 1. The van der Waals surface area contributed by atoms with Gasteiger partial charge in [0.25, 0.3) is 5.91 Å². The van der Waals surface area contributed by atoms with Gasteiger partial charge in [-0.1, -0.05) is 29.8 Å². The lowest BCUT2D eigenvalue weighted by molar-refractivity contribution is 0.0979. The zero-order valence-electron chi connectivity index (χ0n) is 16.2. The third kappa shape index (κ3) is 3.04. The molecule has 0 fully saturated rings. The number of methoxy groups -OCH3 is 1. The van der Waals surface area contributed by atoms with Crippen molar-refractivity contribution in [2.45, 2.75) is 6.67 Å². The number of ether oxygens (including phenoxy) is 1. The summed E-state index contributed by atoms with van der Waals surface area (Å²) in [5.74, 6) is 1.50. The average Bonchev–Trinajstić information content (AvgIpc) is 3.23. The highest BCUT2D eigenvalue weighted by Gasteiger charge is 2.29. The van der Waals surface area contributed by atoms with Crippen LogP contribution in [0.3, 0.4) is 0 Å². The van der Waals surface area contributed by atoms with Gasteiger partial charge in [0.15, 0.2) is 0 Å². The van der Waals surface area contributed by atoms with E-state index in [-0.39, 0.29) is 5.91 Å². The molecule has 30 heavy (non-hydrogen) atoms. The molecule has 0 saturated carbocycles. The second-order valence-electron chi connectivity index (χ2n) is 7.02. The monoisotopic (exact) mass is 415 g/mol. The Kier molecular flexibility index (Phi) is 4.52. The maximum Gasteiger partial charge on any atom is 0.259 e. The number of aromatic nitrogens is 2. The Morgan fingerprint density at radius 3 is 2.47 bits per heavy atom. The number of imidazole rings is 1. The topological polar surface area (TPSA) is 47.4 Å². The number of hydrogen-bond acceptors (Lipinski definition) is 3. The molecule has 5 rings (SSSR count). The number of fused-ring (bicyclic) bond motifs is 3. The van der Waals surface area contributed by atoms with Crippen LogP contribution < -0.4 is 9.64 Å². The number of halogens is 1. The minimum absolute atomic E-state index is 0.0841. The van der Waals surface area contributed by atoms with Crippen molar-refractivity contribution in [3.8, 4) is 28.4 Å². The maximum absolute atomic E-state index is 13.4. The van der Waals surface area contributed by atoms with Gasteiger partial charge in [0.05, 0.1) is 24.7 Å². The predicted molar refractivity (Wildman–Crippen MR) is 118 cm³/mol.